The number of hydrogen-bond acceptors (Lipinski definition) is 2. The van der Waals surface area contributed by atoms with Crippen molar-refractivity contribution in [3.8, 4) is 0 Å². The average molecular weight is 193 g/mol. The third-order valence-electron chi connectivity index (χ3n) is 3.17. The fourth-order valence-electron chi connectivity index (χ4n) is 2.23. The minimum Gasteiger partial charge on any atom is -0.316 e. The molecule has 1 saturated heterocycles. The molecule has 3 heteroatoms. The molecule has 1 N–H and O–H groups in total. The summed E-state index contributed by atoms with van der Waals surface area (Å²) in [6.45, 7) is 4.56. The van der Waals surface area contributed by atoms with Gasteiger partial charge in [-0.15, -0.1) is 0 Å². The Kier molecular flexibility index (Phi) is 2.87. The molecule has 2 rings (SSSR count). The summed E-state index contributed by atoms with van der Waals surface area (Å²) in [4.78, 5) is 0. The number of rotatable bonds is 3. The van der Waals surface area contributed by atoms with E-state index in [9.17, 15) is 0 Å². The number of hydrogen-bond donors (Lipinski definition) is 1. The van der Waals surface area contributed by atoms with Gasteiger partial charge in [0.05, 0.1) is 6.20 Å². The van der Waals surface area contributed by atoms with Gasteiger partial charge in [0.25, 0.3) is 0 Å². The van der Waals surface area contributed by atoms with Crippen LogP contribution in [0.25, 0.3) is 0 Å². The third kappa shape index (κ3) is 1.82. The molecule has 1 aromatic rings. The summed E-state index contributed by atoms with van der Waals surface area (Å²) in [6.07, 6.45) is 5.61. The standard InChI is InChI=1S/C11H19N3/c1-3-10-8-13-14(2)11(10)6-9-4-5-12-7-9/h8-9,12H,3-7H2,1-2H3. The van der Waals surface area contributed by atoms with E-state index in [2.05, 4.69) is 24.4 Å². The lowest BCUT2D eigenvalue weighted by molar-refractivity contribution is 0.545. The van der Waals surface area contributed by atoms with Crippen molar-refractivity contribution >= 4 is 0 Å². The van der Waals surface area contributed by atoms with Gasteiger partial charge in [0.2, 0.25) is 0 Å². The zero-order valence-electron chi connectivity index (χ0n) is 9.08. The van der Waals surface area contributed by atoms with Crippen LogP contribution in [0.3, 0.4) is 0 Å². The second-order valence-electron chi connectivity index (χ2n) is 4.16. The van der Waals surface area contributed by atoms with Crippen molar-refractivity contribution in [3.63, 3.8) is 0 Å². The zero-order chi connectivity index (χ0) is 9.97. The lowest BCUT2D eigenvalue weighted by Crippen LogP contribution is -2.13. The largest absolute Gasteiger partial charge is 0.316 e. The van der Waals surface area contributed by atoms with Gasteiger partial charge in [-0.05, 0) is 43.8 Å². The van der Waals surface area contributed by atoms with E-state index in [1.54, 1.807) is 0 Å². The molecule has 1 aliphatic rings. The molecule has 78 valence electrons. The maximum absolute atomic E-state index is 4.33. The first-order valence-electron chi connectivity index (χ1n) is 5.51. The molecule has 1 fully saturated rings. The highest BCUT2D eigenvalue weighted by Gasteiger charge is 2.18. The van der Waals surface area contributed by atoms with Crippen LogP contribution in [0.2, 0.25) is 0 Å². The van der Waals surface area contributed by atoms with E-state index in [0.717, 1.165) is 12.3 Å². The Morgan fingerprint density at radius 2 is 2.50 bits per heavy atom. The Morgan fingerprint density at radius 3 is 3.14 bits per heavy atom. The molecule has 0 radical (unpaired) electrons. The van der Waals surface area contributed by atoms with E-state index in [-0.39, 0.29) is 0 Å². The van der Waals surface area contributed by atoms with E-state index < -0.39 is 0 Å². The molecule has 3 nitrogen and oxygen atoms in total. The van der Waals surface area contributed by atoms with Crippen LogP contribution in [0.5, 0.6) is 0 Å². The highest BCUT2D eigenvalue weighted by molar-refractivity contribution is 5.18. The fraction of sp³-hybridized carbons (Fsp3) is 0.727. The molecule has 0 aromatic carbocycles. The zero-order valence-corrected chi connectivity index (χ0v) is 9.08. The van der Waals surface area contributed by atoms with Crippen molar-refractivity contribution < 1.29 is 0 Å². The SMILES string of the molecule is CCc1cnn(C)c1CC1CCNC1. The molecular formula is C11H19N3. The van der Waals surface area contributed by atoms with Crippen LogP contribution < -0.4 is 5.32 Å². The molecule has 0 amide bonds. The summed E-state index contributed by atoms with van der Waals surface area (Å²) in [7, 11) is 2.05. The first-order valence-corrected chi connectivity index (χ1v) is 5.51. The molecule has 14 heavy (non-hydrogen) atoms. The van der Waals surface area contributed by atoms with Crippen LogP contribution in [0.1, 0.15) is 24.6 Å². The summed E-state index contributed by atoms with van der Waals surface area (Å²) in [5, 5.41) is 7.74. The Morgan fingerprint density at radius 1 is 1.64 bits per heavy atom. The van der Waals surface area contributed by atoms with Crippen LogP contribution in [0.4, 0.5) is 0 Å². The van der Waals surface area contributed by atoms with Crippen LogP contribution in [0.15, 0.2) is 6.20 Å². The molecule has 0 spiro atoms. The van der Waals surface area contributed by atoms with E-state index in [4.69, 9.17) is 0 Å². The summed E-state index contributed by atoms with van der Waals surface area (Å²) in [5.74, 6) is 0.815. The maximum atomic E-state index is 4.33. The summed E-state index contributed by atoms with van der Waals surface area (Å²) in [6, 6.07) is 0. The monoisotopic (exact) mass is 193 g/mol. The number of aromatic nitrogens is 2. The van der Waals surface area contributed by atoms with Crippen molar-refractivity contribution in [1.82, 2.24) is 15.1 Å². The Hall–Kier alpha value is -0.830. The van der Waals surface area contributed by atoms with Crippen LogP contribution in [-0.4, -0.2) is 22.9 Å². The molecular weight excluding hydrogens is 174 g/mol. The van der Waals surface area contributed by atoms with E-state index in [1.165, 1.54) is 37.2 Å². The van der Waals surface area contributed by atoms with E-state index >= 15 is 0 Å². The molecule has 0 saturated carbocycles. The number of nitrogens with zero attached hydrogens (tertiary/aromatic N) is 2. The molecule has 1 atom stereocenters. The summed E-state index contributed by atoms with van der Waals surface area (Å²) in [5.41, 5.74) is 2.85. The van der Waals surface area contributed by atoms with Gasteiger partial charge in [-0.2, -0.15) is 5.10 Å². The van der Waals surface area contributed by atoms with Crippen molar-refractivity contribution in [2.24, 2.45) is 13.0 Å². The second-order valence-corrected chi connectivity index (χ2v) is 4.16. The topological polar surface area (TPSA) is 29.9 Å². The summed E-state index contributed by atoms with van der Waals surface area (Å²) >= 11 is 0. The molecule has 1 aliphatic heterocycles. The van der Waals surface area contributed by atoms with E-state index in [0.29, 0.717) is 0 Å². The van der Waals surface area contributed by atoms with Crippen molar-refractivity contribution in [1.29, 1.82) is 0 Å². The predicted octanol–water partition coefficient (Wildman–Crippen LogP) is 1.13. The first-order chi connectivity index (χ1) is 6.81. The van der Waals surface area contributed by atoms with Gasteiger partial charge in [-0.1, -0.05) is 6.92 Å². The quantitative estimate of drug-likeness (QED) is 0.780. The molecule has 2 heterocycles. The van der Waals surface area contributed by atoms with Crippen molar-refractivity contribution in [2.75, 3.05) is 13.1 Å². The van der Waals surface area contributed by atoms with Gasteiger partial charge >= 0.3 is 0 Å². The smallest absolute Gasteiger partial charge is 0.0524 e. The lowest BCUT2D eigenvalue weighted by Gasteiger charge is -2.10. The molecule has 1 aromatic heterocycles. The average Bonchev–Trinajstić information content (AvgIpc) is 2.79. The fourth-order valence-corrected chi connectivity index (χ4v) is 2.23. The van der Waals surface area contributed by atoms with Gasteiger partial charge in [0, 0.05) is 12.7 Å². The van der Waals surface area contributed by atoms with Gasteiger partial charge in [-0.3, -0.25) is 4.68 Å². The van der Waals surface area contributed by atoms with Crippen molar-refractivity contribution in [3.05, 3.63) is 17.5 Å². The van der Waals surface area contributed by atoms with Gasteiger partial charge in [0.15, 0.2) is 0 Å². The number of nitrogens with one attached hydrogen (secondary N) is 1. The molecule has 0 aliphatic carbocycles. The maximum Gasteiger partial charge on any atom is 0.0524 e. The lowest BCUT2D eigenvalue weighted by atomic mass is 9.99. The highest BCUT2D eigenvalue weighted by Crippen LogP contribution is 2.18. The third-order valence-corrected chi connectivity index (χ3v) is 3.17. The first kappa shape index (κ1) is 9.71. The number of aryl methyl sites for hydroxylation is 2. The Labute approximate surface area is 85.5 Å². The minimum absolute atomic E-state index is 0.815. The highest BCUT2D eigenvalue weighted by atomic mass is 15.3. The Bertz CT molecular complexity index is 297. The van der Waals surface area contributed by atoms with Gasteiger partial charge in [-0.25, -0.2) is 0 Å². The Balaban J connectivity index is 2.09. The summed E-state index contributed by atoms with van der Waals surface area (Å²) < 4.78 is 2.04. The van der Waals surface area contributed by atoms with Crippen LogP contribution in [-0.2, 0) is 19.9 Å². The van der Waals surface area contributed by atoms with E-state index in [1.807, 2.05) is 10.9 Å². The molecule has 0 bridgehead atoms. The van der Waals surface area contributed by atoms with Crippen molar-refractivity contribution in [2.45, 2.75) is 26.2 Å². The van der Waals surface area contributed by atoms with Gasteiger partial charge in [0.1, 0.15) is 0 Å². The second kappa shape index (κ2) is 4.13. The normalized spacial score (nSPS) is 21.7. The van der Waals surface area contributed by atoms with Crippen LogP contribution >= 0.6 is 0 Å². The molecule has 1 unspecified atom stereocenters. The predicted molar refractivity (Wildman–Crippen MR) is 57.3 cm³/mol. The minimum atomic E-state index is 0.815. The van der Waals surface area contributed by atoms with Gasteiger partial charge < -0.3 is 5.32 Å². The van der Waals surface area contributed by atoms with Crippen LogP contribution in [0, 0.1) is 5.92 Å².